The second-order valence-corrected chi connectivity index (χ2v) is 18.2. The summed E-state index contributed by atoms with van der Waals surface area (Å²) in [4.78, 5) is 23.0. The Morgan fingerprint density at radius 1 is 0.625 bits per heavy atom. The number of carbonyl (C=O) groups is 1. The van der Waals surface area contributed by atoms with Crippen molar-refractivity contribution in [3.63, 3.8) is 0 Å². The second-order valence-electron chi connectivity index (χ2n) is 16.8. The van der Waals surface area contributed by atoms with Crippen molar-refractivity contribution in [2.24, 2.45) is 0 Å². The van der Waals surface area contributed by atoms with Gasteiger partial charge in [-0.3, -0.25) is 13.8 Å². The monoisotopic (exact) mass is 810 g/mol. The maximum atomic E-state index is 12.8. The molecule has 0 aromatic heterocycles. The molecule has 0 aromatic carbocycles. The molecule has 3 N–H and O–H groups in total. The number of phosphoric ester groups is 1. The quantitative estimate of drug-likeness (QED) is 0.0246. The minimum absolute atomic E-state index is 0.0733. The van der Waals surface area contributed by atoms with Crippen LogP contribution in [0.2, 0.25) is 0 Å². The highest BCUT2D eigenvalue weighted by atomic mass is 31.2. The van der Waals surface area contributed by atoms with Crippen molar-refractivity contribution in [3.8, 4) is 0 Å². The summed E-state index contributed by atoms with van der Waals surface area (Å²) in [7, 11) is 1.61. The van der Waals surface area contributed by atoms with Crippen molar-refractivity contribution in [3.05, 3.63) is 48.6 Å². The van der Waals surface area contributed by atoms with E-state index in [0.29, 0.717) is 23.9 Å². The Balaban J connectivity index is 3.90. The summed E-state index contributed by atoms with van der Waals surface area (Å²) in [6.07, 6.45) is 49.1. The highest BCUT2D eigenvalue weighted by Gasteiger charge is 2.28. The molecule has 0 saturated heterocycles. The predicted octanol–water partition coefficient (Wildman–Crippen LogP) is 12.9. The fourth-order valence-corrected chi connectivity index (χ4v) is 7.18. The predicted molar refractivity (Wildman–Crippen MR) is 240 cm³/mol. The molecule has 0 fully saturated rings. The molecule has 9 heteroatoms. The van der Waals surface area contributed by atoms with Gasteiger partial charge >= 0.3 is 7.82 Å². The van der Waals surface area contributed by atoms with E-state index in [0.717, 1.165) is 77.0 Å². The van der Waals surface area contributed by atoms with E-state index in [9.17, 15) is 19.4 Å². The fraction of sp³-hybridized carbons (Fsp3) is 0.809. The Labute approximate surface area is 346 Å². The third-order valence-electron chi connectivity index (χ3n) is 10.1. The van der Waals surface area contributed by atoms with E-state index in [1.54, 1.807) is 0 Å². The van der Waals surface area contributed by atoms with Gasteiger partial charge in [-0.25, -0.2) is 4.57 Å². The minimum Gasteiger partial charge on any atom is -0.391 e. The summed E-state index contributed by atoms with van der Waals surface area (Å²) >= 11 is 0. The summed E-state index contributed by atoms with van der Waals surface area (Å²) in [6, 6.07) is -0.756. The van der Waals surface area contributed by atoms with Crippen LogP contribution in [0.1, 0.15) is 194 Å². The lowest BCUT2D eigenvalue weighted by molar-refractivity contribution is -0.870. The first-order valence-electron chi connectivity index (χ1n) is 23.0. The molecule has 0 radical (unpaired) electrons. The van der Waals surface area contributed by atoms with Crippen LogP contribution >= 0.6 is 7.82 Å². The number of carbonyl (C=O) groups excluding carboxylic acids is 1. The first-order chi connectivity index (χ1) is 27.0. The number of hydrogen-bond donors (Lipinski definition) is 3. The summed E-state index contributed by atoms with van der Waals surface area (Å²) < 4.78 is 23.4. The van der Waals surface area contributed by atoms with Crippen LogP contribution in [0.3, 0.4) is 0 Å². The summed E-state index contributed by atoms with van der Waals surface area (Å²) in [6.45, 7) is 4.68. The van der Waals surface area contributed by atoms with Crippen LogP contribution in [0.25, 0.3) is 0 Å². The van der Waals surface area contributed by atoms with E-state index in [4.69, 9.17) is 9.05 Å². The van der Waals surface area contributed by atoms with Crippen molar-refractivity contribution in [2.75, 3.05) is 40.9 Å². The largest absolute Gasteiger partial charge is 0.472 e. The molecule has 0 spiro atoms. The topological polar surface area (TPSA) is 105 Å². The van der Waals surface area contributed by atoms with Gasteiger partial charge in [0.05, 0.1) is 39.9 Å². The number of rotatable bonds is 41. The molecular weight excluding hydrogens is 719 g/mol. The zero-order valence-corrected chi connectivity index (χ0v) is 38.0. The third kappa shape index (κ3) is 40.6. The van der Waals surface area contributed by atoms with Gasteiger partial charge in [-0.2, -0.15) is 0 Å². The van der Waals surface area contributed by atoms with Crippen LogP contribution in [0, 0.1) is 0 Å². The molecule has 3 unspecified atom stereocenters. The van der Waals surface area contributed by atoms with Crippen molar-refractivity contribution in [1.29, 1.82) is 0 Å². The summed E-state index contributed by atoms with van der Waals surface area (Å²) in [5.74, 6) is -0.153. The molecule has 0 heterocycles. The van der Waals surface area contributed by atoms with Crippen molar-refractivity contribution >= 4 is 13.7 Å². The van der Waals surface area contributed by atoms with Gasteiger partial charge in [0, 0.05) is 6.42 Å². The van der Waals surface area contributed by atoms with Gasteiger partial charge < -0.3 is 19.8 Å². The maximum absolute atomic E-state index is 12.8. The van der Waals surface area contributed by atoms with Crippen LogP contribution in [0.15, 0.2) is 48.6 Å². The van der Waals surface area contributed by atoms with Crippen LogP contribution in [0.4, 0.5) is 0 Å². The van der Waals surface area contributed by atoms with Crippen molar-refractivity contribution < 1.29 is 32.9 Å². The minimum atomic E-state index is -4.30. The van der Waals surface area contributed by atoms with Crippen LogP contribution < -0.4 is 5.32 Å². The van der Waals surface area contributed by atoms with E-state index in [-0.39, 0.29) is 19.1 Å². The molecule has 8 nitrogen and oxygen atoms in total. The SMILES string of the molecule is CC/C=C\C/C=C\C/C=C\C/C=C\CCCCCCCCCCCCCCCCCCC(=O)NC(COP(=O)(O)OCC[N+](C)(C)C)C(O)CCCCCCC. The molecule has 1 amide bonds. The molecule has 0 aromatic rings. The number of allylic oxidation sites excluding steroid dienone is 8. The number of hydrogen-bond acceptors (Lipinski definition) is 5. The highest BCUT2D eigenvalue weighted by Crippen LogP contribution is 2.43. The number of aliphatic hydroxyl groups is 1. The lowest BCUT2D eigenvalue weighted by Gasteiger charge is -2.26. The number of phosphoric acid groups is 1. The standard InChI is InChI=1S/C47H89N2O6P/c1-6-8-10-12-13-14-15-16-17-18-19-20-21-22-23-24-25-26-27-28-29-30-31-32-33-34-35-37-39-41-47(51)48-45(46(50)40-38-36-11-9-7-2)44-55-56(52,53)54-43-42-49(3,4)5/h8,10,13-14,16-17,19-20,45-46,50H,6-7,9,11-12,15,18,21-44H2,1-5H3,(H-,48,51,52,53)/p+1/b10-8-,14-13-,17-16-,20-19-. The van der Waals surface area contributed by atoms with Crippen LogP contribution in [0.5, 0.6) is 0 Å². The number of likely N-dealkylation sites (N-methyl/N-ethyl adjacent to an activating group) is 1. The Morgan fingerprint density at radius 2 is 1.07 bits per heavy atom. The van der Waals surface area contributed by atoms with E-state index in [1.165, 1.54) is 89.9 Å². The second kappa shape index (κ2) is 38.9. The van der Waals surface area contributed by atoms with Gasteiger partial charge in [0.1, 0.15) is 13.2 Å². The van der Waals surface area contributed by atoms with Gasteiger partial charge in [0.15, 0.2) is 0 Å². The van der Waals surface area contributed by atoms with Gasteiger partial charge in [-0.1, -0.05) is 184 Å². The normalized spacial score (nSPS) is 14.8. The van der Waals surface area contributed by atoms with Gasteiger partial charge in [-0.05, 0) is 51.4 Å². The maximum Gasteiger partial charge on any atom is 0.472 e. The number of quaternary nitrogens is 1. The zero-order valence-electron chi connectivity index (χ0n) is 37.1. The van der Waals surface area contributed by atoms with E-state index in [2.05, 4.69) is 67.8 Å². The Morgan fingerprint density at radius 3 is 1.57 bits per heavy atom. The number of amides is 1. The average molecular weight is 810 g/mol. The first kappa shape index (κ1) is 54.5. The number of unbranched alkanes of at least 4 members (excludes halogenated alkanes) is 20. The number of nitrogens with one attached hydrogen (secondary N) is 1. The molecule has 0 rings (SSSR count). The van der Waals surface area contributed by atoms with E-state index < -0.39 is 20.0 Å². The highest BCUT2D eigenvalue weighted by molar-refractivity contribution is 7.47. The number of aliphatic hydroxyl groups excluding tert-OH is 1. The summed E-state index contributed by atoms with van der Waals surface area (Å²) in [5, 5.41) is 13.7. The van der Waals surface area contributed by atoms with Gasteiger partial charge in [0.25, 0.3) is 0 Å². The summed E-state index contributed by atoms with van der Waals surface area (Å²) in [5.41, 5.74) is 0. The van der Waals surface area contributed by atoms with E-state index in [1.807, 2.05) is 21.1 Å². The molecule has 0 saturated carbocycles. The lowest BCUT2D eigenvalue weighted by atomic mass is 10.0. The first-order valence-corrected chi connectivity index (χ1v) is 24.5. The molecule has 0 aliphatic heterocycles. The molecule has 0 aliphatic carbocycles. The molecular formula is C47H90N2O6P+. The van der Waals surface area contributed by atoms with Crippen LogP contribution in [-0.4, -0.2) is 73.4 Å². The molecule has 0 aliphatic rings. The lowest BCUT2D eigenvalue weighted by Crippen LogP contribution is -2.46. The molecule has 3 atom stereocenters. The molecule has 328 valence electrons. The average Bonchev–Trinajstić information content (AvgIpc) is 3.15. The Hall–Kier alpha value is -1.54. The molecule has 56 heavy (non-hydrogen) atoms. The van der Waals surface area contributed by atoms with Crippen molar-refractivity contribution in [2.45, 2.75) is 206 Å². The van der Waals surface area contributed by atoms with Gasteiger partial charge in [-0.15, -0.1) is 0 Å². The fourth-order valence-electron chi connectivity index (χ4n) is 6.45. The van der Waals surface area contributed by atoms with Gasteiger partial charge in [0.2, 0.25) is 5.91 Å². The van der Waals surface area contributed by atoms with Crippen LogP contribution in [-0.2, 0) is 18.4 Å². The van der Waals surface area contributed by atoms with E-state index >= 15 is 0 Å². The zero-order chi connectivity index (χ0) is 41.4. The smallest absolute Gasteiger partial charge is 0.391 e. The van der Waals surface area contributed by atoms with Crippen molar-refractivity contribution in [1.82, 2.24) is 5.32 Å². The number of nitrogens with zero attached hydrogens (tertiary/aromatic N) is 1. The Bertz CT molecular complexity index is 1050. The molecule has 0 bridgehead atoms. The third-order valence-corrected chi connectivity index (χ3v) is 11.1. The Kier molecular flexibility index (Phi) is 37.9.